The number of hydrogen-bond acceptors (Lipinski definition) is 4. The van der Waals surface area contributed by atoms with Crippen molar-refractivity contribution in [2.45, 2.75) is 38.0 Å². The van der Waals surface area contributed by atoms with Crippen LogP contribution in [0.1, 0.15) is 53.9 Å². The highest BCUT2D eigenvalue weighted by molar-refractivity contribution is 6.01. The zero-order valence-corrected chi connectivity index (χ0v) is 15.0. The Morgan fingerprint density at radius 2 is 1.74 bits per heavy atom. The summed E-state index contributed by atoms with van der Waals surface area (Å²) in [6.07, 6.45) is 6.32. The molecule has 3 rings (SSSR count). The molecule has 142 valence electrons. The van der Waals surface area contributed by atoms with E-state index in [-0.39, 0.29) is 23.6 Å². The third kappa shape index (κ3) is 5.00. The van der Waals surface area contributed by atoms with Gasteiger partial charge in [0.1, 0.15) is 11.5 Å². The number of phenols is 1. The molecule has 0 saturated heterocycles. The van der Waals surface area contributed by atoms with Crippen molar-refractivity contribution in [1.82, 2.24) is 0 Å². The molecule has 0 radical (unpaired) electrons. The molecule has 2 aromatic rings. The van der Waals surface area contributed by atoms with E-state index < -0.39 is 11.9 Å². The van der Waals surface area contributed by atoms with E-state index in [9.17, 15) is 14.7 Å². The van der Waals surface area contributed by atoms with Crippen molar-refractivity contribution < 1.29 is 24.5 Å². The van der Waals surface area contributed by atoms with Crippen molar-refractivity contribution in [3.05, 3.63) is 53.6 Å². The summed E-state index contributed by atoms with van der Waals surface area (Å²) in [6, 6.07) is 11.6. The summed E-state index contributed by atoms with van der Waals surface area (Å²) >= 11 is 0. The fourth-order valence-corrected chi connectivity index (χ4v) is 3.43. The van der Waals surface area contributed by atoms with E-state index in [0.29, 0.717) is 11.7 Å². The molecular formula is C21H23NO5. The average Bonchev–Trinajstić information content (AvgIpc) is 2.69. The third-order valence-electron chi connectivity index (χ3n) is 4.83. The number of aromatic hydroxyl groups is 1. The topological polar surface area (TPSA) is 95.9 Å². The zero-order valence-electron chi connectivity index (χ0n) is 15.0. The van der Waals surface area contributed by atoms with E-state index >= 15 is 0 Å². The van der Waals surface area contributed by atoms with Gasteiger partial charge in [-0.25, -0.2) is 4.79 Å². The molecular weight excluding hydrogens is 346 g/mol. The van der Waals surface area contributed by atoms with Crippen molar-refractivity contribution in [1.29, 1.82) is 0 Å². The van der Waals surface area contributed by atoms with Crippen LogP contribution >= 0.6 is 0 Å². The average molecular weight is 369 g/mol. The van der Waals surface area contributed by atoms with Crippen LogP contribution in [0.4, 0.5) is 5.69 Å². The second-order valence-electron chi connectivity index (χ2n) is 6.78. The Hall–Kier alpha value is -3.02. The first-order valence-electron chi connectivity index (χ1n) is 9.12. The predicted molar refractivity (Wildman–Crippen MR) is 101 cm³/mol. The molecule has 6 nitrogen and oxygen atoms in total. The number of nitrogens with one attached hydrogen (secondary N) is 1. The molecule has 0 heterocycles. The minimum atomic E-state index is -1.24. The van der Waals surface area contributed by atoms with Gasteiger partial charge in [-0.2, -0.15) is 0 Å². The Morgan fingerprint density at radius 3 is 2.41 bits per heavy atom. The largest absolute Gasteiger partial charge is 0.508 e. The maximum atomic E-state index is 12.1. The Kier molecular flexibility index (Phi) is 5.96. The highest BCUT2D eigenvalue weighted by atomic mass is 16.5. The number of phenolic OH excluding ortho intramolecular Hbond substituents is 1. The molecule has 0 aliphatic heterocycles. The number of carbonyl (C=O) groups excluding carboxylic acids is 1. The predicted octanol–water partition coefficient (Wildman–Crippen LogP) is 4.16. The van der Waals surface area contributed by atoms with Crippen molar-refractivity contribution in [2.75, 3.05) is 11.9 Å². The van der Waals surface area contributed by atoms with E-state index in [2.05, 4.69) is 5.32 Å². The summed E-state index contributed by atoms with van der Waals surface area (Å²) in [5.74, 6) is -0.687. The number of amides is 1. The number of carboxylic acids is 1. The van der Waals surface area contributed by atoms with Crippen LogP contribution in [0.25, 0.3) is 0 Å². The number of ether oxygens (including phenoxy) is 1. The Bertz CT molecular complexity index is 810. The molecule has 1 fully saturated rings. The normalized spacial score (nSPS) is 14.5. The van der Waals surface area contributed by atoms with E-state index in [1.807, 2.05) is 24.3 Å². The van der Waals surface area contributed by atoms with Gasteiger partial charge in [0, 0.05) is 0 Å². The third-order valence-corrected chi connectivity index (χ3v) is 4.83. The monoisotopic (exact) mass is 369 g/mol. The second-order valence-corrected chi connectivity index (χ2v) is 6.78. The van der Waals surface area contributed by atoms with Crippen LogP contribution in [0.3, 0.4) is 0 Å². The lowest BCUT2D eigenvalue weighted by Crippen LogP contribution is -2.21. The standard InChI is InChI=1S/C21H23NO5/c23-16-8-11-19(18(12-16)21(25)26)22-20(24)13-27-17-9-6-15(7-10-17)14-4-2-1-3-5-14/h6-12,14,23H,1-5,13H2,(H,22,24)(H,25,26). The second kappa shape index (κ2) is 8.58. The van der Waals surface area contributed by atoms with Crippen molar-refractivity contribution in [3.63, 3.8) is 0 Å². The number of rotatable bonds is 6. The van der Waals surface area contributed by atoms with E-state index in [1.165, 1.54) is 49.8 Å². The maximum Gasteiger partial charge on any atom is 0.337 e. The molecule has 2 aromatic carbocycles. The van der Waals surface area contributed by atoms with Gasteiger partial charge in [-0.1, -0.05) is 31.4 Å². The van der Waals surface area contributed by atoms with Crippen molar-refractivity contribution in [2.24, 2.45) is 0 Å². The molecule has 0 aromatic heterocycles. The van der Waals surface area contributed by atoms with Crippen LogP contribution < -0.4 is 10.1 Å². The number of aromatic carboxylic acids is 1. The van der Waals surface area contributed by atoms with Crippen LogP contribution in [0, 0.1) is 0 Å². The van der Waals surface area contributed by atoms with E-state index in [4.69, 9.17) is 9.84 Å². The molecule has 0 atom stereocenters. The zero-order chi connectivity index (χ0) is 19.2. The van der Waals surface area contributed by atoms with Gasteiger partial charge in [0.2, 0.25) is 0 Å². The van der Waals surface area contributed by atoms with Gasteiger partial charge in [0.25, 0.3) is 5.91 Å². The molecule has 3 N–H and O–H groups in total. The van der Waals surface area contributed by atoms with Gasteiger partial charge in [-0.15, -0.1) is 0 Å². The minimum Gasteiger partial charge on any atom is -0.508 e. The fraction of sp³-hybridized carbons (Fsp3) is 0.333. The van der Waals surface area contributed by atoms with Crippen molar-refractivity contribution >= 4 is 17.6 Å². The molecule has 6 heteroatoms. The summed E-state index contributed by atoms with van der Waals surface area (Å²) in [6.45, 7) is -0.233. The molecule has 0 bridgehead atoms. The lowest BCUT2D eigenvalue weighted by molar-refractivity contribution is -0.118. The highest BCUT2D eigenvalue weighted by Gasteiger charge is 2.16. The van der Waals surface area contributed by atoms with Crippen LogP contribution in [-0.4, -0.2) is 28.7 Å². The summed E-state index contributed by atoms with van der Waals surface area (Å²) in [5, 5.41) is 21.0. The first-order valence-corrected chi connectivity index (χ1v) is 9.12. The van der Waals surface area contributed by atoms with Gasteiger partial charge < -0.3 is 20.3 Å². The van der Waals surface area contributed by atoms with Crippen LogP contribution in [0.5, 0.6) is 11.5 Å². The molecule has 27 heavy (non-hydrogen) atoms. The maximum absolute atomic E-state index is 12.1. The summed E-state index contributed by atoms with van der Waals surface area (Å²) in [4.78, 5) is 23.3. The first kappa shape index (κ1) is 18.8. The smallest absolute Gasteiger partial charge is 0.337 e. The number of hydrogen-bond donors (Lipinski definition) is 3. The van der Waals surface area contributed by atoms with Crippen molar-refractivity contribution in [3.8, 4) is 11.5 Å². The molecule has 1 aliphatic rings. The van der Waals surface area contributed by atoms with Crippen LogP contribution in [-0.2, 0) is 4.79 Å². The summed E-state index contributed by atoms with van der Waals surface area (Å²) in [5.41, 5.74) is 1.24. The first-order chi connectivity index (χ1) is 13.0. The van der Waals surface area contributed by atoms with Crippen LogP contribution in [0.15, 0.2) is 42.5 Å². The Balaban J connectivity index is 1.55. The number of anilines is 1. The molecule has 1 aliphatic carbocycles. The fourth-order valence-electron chi connectivity index (χ4n) is 3.43. The van der Waals surface area contributed by atoms with Gasteiger partial charge in [0.05, 0.1) is 11.3 Å². The molecule has 0 spiro atoms. The number of carbonyl (C=O) groups is 2. The minimum absolute atomic E-state index is 0.113. The van der Waals surface area contributed by atoms with Gasteiger partial charge in [0.15, 0.2) is 6.61 Å². The van der Waals surface area contributed by atoms with Gasteiger partial charge in [-0.3, -0.25) is 4.79 Å². The van der Waals surface area contributed by atoms with Gasteiger partial charge >= 0.3 is 5.97 Å². The van der Waals surface area contributed by atoms with E-state index in [1.54, 1.807) is 0 Å². The molecule has 0 unspecified atom stereocenters. The number of carboxylic acid groups (broad SMARTS) is 1. The summed E-state index contributed by atoms with van der Waals surface area (Å²) < 4.78 is 5.50. The quantitative estimate of drug-likeness (QED) is 0.665. The highest BCUT2D eigenvalue weighted by Crippen LogP contribution is 2.33. The lowest BCUT2D eigenvalue weighted by atomic mass is 9.84. The molecule has 1 amide bonds. The molecule has 1 saturated carbocycles. The van der Waals surface area contributed by atoms with E-state index in [0.717, 1.165) is 6.07 Å². The lowest BCUT2D eigenvalue weighted by Gasteiger charge is -2.22. The Morgan fingerprint density at radius 1 is 1.04 bits per heavy atom. The Labute approximate surface area is 157 Å². The SMILES string of the molecule is O=C(COc1ccc(C2CCCCC2)cc1)Nc1ccc(O)cc1C(=O)O. The van der Waals surface area contributed by atoms with Gasteiger partial charge in [-0.05, 0) is 54.7 Å². The van der Waals surface area contributed by atoms with Crippen LogP contribution in [0.2, 0.25) is 0 Å². The number of benzene rings is 2. The summed E-state index contributed by atoms with van der Waals surface area (Å²) in [7, 11) is 0.